The average molecular weight is 319 g/mol. The molecule has 0 aliphatic heterocycles. The quantitative estimate of drug-likeness (QED) is 0.818. The number of ether oxygens (including phenoxy) is 2. The van der Waals surface area contributed by atoms with Crippen molar-refractivity contribution in [1.82, 2.24) is 0 Å². The number of carbonyl (C=O) groups excluding carboxylic acids is 1. The van der Waals surface area contributed by atoms with Crippen molar-refractivity contribution in [2.75, 3.05) is 12.4 Å². The second-order valence-corrected chi connectivity index (χ2v) is 6.82. The highest BCUT2D eigenvalue weighted by atomic mass is 16.5. The van der Waals surface area contributed by atoms with Crippen LogP contribution in [0, 0.1) is 19.8 Å². The smallest absolute Gasteiger partial charge is 0.256 e. The third-order valence-electron chi connectivity index (χ3n) is 4.84. The number of hydrogen-bond donors (Lipinski definition) is 1. The number of aryl methyl sites for hydroxylation is 2. The Kier molecular flexibility index (Phi) is 5.35. The number of hydrogen-bond acceptors (Lipinski definition) is 3. The van der Waals surface area contributed by atoms with E-state index in [2.05, 4.69) is 19.2 Å². The molecular formula is C19H29NO3. The van der Waals surface area contributed by atoms with Gasteiger partial charge < -0.3 is 14.8 Å². The van der Waals surface area contributed by atoms with Gasteiger partial charge in [0.2, 0.25) is 0 Å². The molecule has 0 radical (unpaired) electrons. The Hall–Kier alpha value is -1.55. The number of methoxy groups -OCH3 is 1. The summed E-state index contributed by atoms with van der Waals surface area (Å²) in [4.78, 5) is 12.6. The molecule has 1 amide bonds. The highest BCUT2D eigenvalue weighted by molar-refractivity contribution is 5.97. The van der Waals surface area contributed by atoms with Gasteiger partial charge in [-0.3, -0.25) is 4.79 Å². The highest BCUT2D eigenvalue weighted by Crippen LogP contribution is 2.42. The van der Waals surface area contributed by atoms with Crippen molar-refractivity contribution in [3.8, 4) is 5.75 Å². The minimum atomic E-state index is -0.742. The van der Waals surface area contributed by atoms with Gasteiger partial charge in [-0.25, -0.2) is 0 Å². The minimum Gasteiger partial charge on any atom is -0.490 e. The van der Waals surface area contributed by atoms with Crippen LogP contribution in [0.2, 0.25) is 0 Å². The lowest BCUT2D eigenvalue weighted by Gasteiger charge is -2.27. The average Bonchev–Trinajstić information content (AvgIpc) is 3.34. The fourth-order valence-corrected chi connectivity index (χ4v) is 2.83. The molecule has 0 unspecified atom stereocenters. The molecule has 2 atom stereocenters. The number of nitrogens with one attached hydrogen (secondary N) is 1. The summed E-state index contributed by atoms with van der Waals surface area (Å²) in [6.45, 7) is 10.1. The van der Waals surface area contributed by atoms with Crippen molar-refractivity contribution in [2.24, 2.45) is 5.92 Å². The summed E-state index contributed by atoms with van der Waals surface area (Å²) in [6, 6.07) is 3.93. The molecule has 1 saturated carbocycles. The topological polar surface area (TPSA) is 47.6 Å². The maximum Gasteiger partial charge on any atom is 0.256 e. The van der Waals surface area contributed by atoms with Crippen molar-refractivity contribution in [2.45, 2.75) is 65.6 Å². The van der Waals surface area contributed by atoms with E-state index in [1.165, 1.54) is 0 Å². The normalized spacial score (nSPS) is 18.2. The van der Waals surface area contributed by atoms with Crippen LogP contribution in [0.25, 0.3) is 0 Å². The van der Waals surface area contributed by atoms with Gasteiger partial charge in [0.05, 0.1) is 6.10 Å². The van der Waals surface area contributed by atoms with E-state index >= 15 is 0 Å². The molecule has 4 nitrogen and oxygen atoms in total. The van der Waals surface area contributed by atoms with Crippen LogP contribution in [-0.4, -0.2) is 24.7 Å². The molecular weight excluding hydrogens is 290 g/mol. The molecule has 1 aliphatic rings. The zero-order valence-electron chi connectivity index (χ0n) is 15.2. The second kappa shape index (κ2) is 6.91. The highest BCUT2D eigenvalue weighted by Gasteiger charge is 2.47. The Morgan fingerprint density at radius 2 is 1.91 bits per heavy atom. The third-order valence-corrected chi connectivity index (χ3v) is 4.84. The summed E-state index contributed by atoms with van der Waals surface area (Å²) in [5.41, 5.74) is 2.12. The first-order chi connectivity index (χ1) is 10.8. The van der Waals surface area contributed by atoms with Crippen LogP contribution in [0.5, 0.6) is 5.75 Å². The molecule has 0 spiro atoms. The molecule has 23 heavy (non-hydrogen) atoms. The van der Waals surface area contributed by atoms with E-state index in [9.17, 15) is 4.79 Å². The molecule has 1 aromatic carbocycles. The largest absolute Gasteiger partial charge is 0.490 e. The van der Waals surface area contributed by atoms with Crippen molar-refractivity contribution < 1.29 is 14.3 Å². The minimum absolute atomic E-state index is 0.0723. The first-order valence-corrected chi connectivity index (χ1v) is 8.46. The second-order valence-electron chi connectivity index (χ2n) is 6.82. The Bertz CT molecular complexity index is 557. The Balaban J connectivity index is 2.16. The van der Waals surface area contributed by atoms with Crippen LogP contribution in [0.1, 0.15) is 51.2 Å². The van der Waals surface area contributed by atoms with E-state index in [4.69, 9.17) is 9.47 Å². The van der Waals surface area contributed by atoms with E-state index < -0.39 is 5.60 Å². The SMILES string of the molecule is CC[C@H](C)Oc1c(C)cc(NC(=O)[C@](C)(OC)C2CC2)cc1C. The van der Waals surface area contributed by atoms with Gasteiger partial charge in [0.15, 0.2) is 0 Å². The van der Waals surface area contributed by atoms with E-state index in [1.54, 1.807) is 7.11 Å². The van der Waals surface area contributed by atoms with Gasteiger partial charge in [0.25, 0.3) is 5.91 Å². The summed E-state index contributed by atoms with van der Waals surface area (Å²) in [6.07, 6.45) is 3.25. The molecule has 0 bridgehead atoms. The summed E-state index contributed by atoms with van der Waals surface area (Å²) >= 11 is 0. The number of benzene rings is 1. The van der Waals surface area contributed by atoms with Gasteiger partial charge in [-0.15, -0.1) is 0 Å². The van der Waals surface area contributed by atoms with Crippen LogP contribution in [0.3, 0.4) is 0 Å². The lowest BCUT2D eigenvalue weighted by molar-refractivity contribution is -0.138. The van der Waals surface area contributed by atoms with Gasteiger partial charge in [0, 0.05) is 12.8 Å². The van der Waals surface area contributed by atoms with E-state index in [1.807, 2.05) is 32.9 Å². The summed E-state index contributed by atoms with van der Waals surface area (Å²) in [7, 11) is 1.61. The Morgan fingerprint density at radius 3 is 2.35 bits per heavy atom. The number of rotatable bonds is 7. The van der Waals surface area contributed by atoms with Crippen LogP contribution in [0.4, 0.5) is 5.69 Å². The van der Waals surface area contributed by atoms with Gasteiger partial charge in [-0.2, -0.15) is 0 Å². The molecule has 2 rings (SSSR count). The van der Waals surface area contributed by atoms with Crippen molar-refractivity contribution in [1.29, 1.82) is 0 Å². The van der Waals surface area contributed by atoms with Crippen LogP contribution < -0.4 is 10.1 Å². The molecule has 128 valence electrons. The van der Waals surface area contributed by atoms with E-state index in [0.717, 1.165) is 41.8 Å². The lowest BCUT2D eigenvalue weighted by Crippen LogP contribution is -2.44. The fourth-order valence-electron chi connectivity index (χ4n) is 2.83. The summed E-state index contributed by atoms with van der Waals surface area (Å²) < 4.78 is 11.5. The molecule has 4 heteroatoms. The molecule has 0 aromatic heterocycles. The van der Waals surface area contributed by atoms with Gasteiger partial charge >= 0.3 is 0 Å². The number of carbonyl (C=O) groups is 1. The van der Waals surface area contributed by atoms with Crippen molar-refractivity contribution in [3.05, 3.63) is 23.3 Å². The molecule has 0 saturated heterocycles. The Morgan fingerprint density at radius 1 is 1.35 bits per heavy atom. The first kappa shape index (κ1) is 17.8. The predicted molar refractivity (Wildman–Crippen MR) is 93.1 cm³/mol. The maximum absolute atomic E-state index is 12.6. The van der Waals surface area contributed by atoms with Crippen LogP contribution >= 0.6 is 0 Å². The third kappa shape index (κ3) is 3.86. The zero-order valence-corrected chi connectivity index (χ0v) is 15.2. The van der Waals surface area contributed by atoms with Gasteiger partial charge in [0.1, 0.15) is 11.4 Å². The molecule has 0 heterocycles. The summed E-state index contributed by atoms with van der Waals surface area (Å²) in [5.74, 6) is 1.16. The lowest BCUT2D eigenvalue weighted by atomic mass is 9.98. The predicted octanol–water partition coefficient (Wildman–Crippen LogP) is 4.23. The molecule has 1 N–H and O–H groups in total. The number of amides is 1. The first-order valence-electron chi connectivity index (χ1n) is 8.46. The van der Waals surface area contributed by atoms with Crippen molar-refractivity contribution in [3.63, 3.8) is 0 Å². The van der Waals surface area contributed by atoms with Crippen molar-refractivity contribution >= 4 is 11.6 Å². The fraction of sp³-hybridized carbons (Fsp3) is 0.632. The zero-order chi connectivity index (χ0) is 17.2. The Labute approximate surface area is 139 Å². The van der Waals surface area contributed by atoms with Crippen LogP contribution in [-0.2, 0) is 9.53 Å². The van der Waals surface area contributed by atoms with Gasteiger partial charge in [-0.05, 0) is 76.1 Å². The van der Waals surface area contributed by atoms with E-state index in [0.29, 0.717) is 5.92 Å². The maximum atomic E-state index is 12.6. The van der Waals surface area contributed by atoms with Crippen LogP contribution in [0.15, 0.2) is 12.1 Å². The monoisotopic (exact) mass is 319 g/mol. The summed E-state index contributed by atoms with van der Waals surface area (Å²) in [5, 5.41) is 3.01. The number of anilines is 1. The van der Waals surface area contributed by atoms with E-state index in [-0.39, 0.29) is 12.0 Å². The molecule has 1 fully saturated rings. The molecule has 1 aliphatic carbocycles. The molecule has 1 aromatic rings. The van der Waals surface area contributed by atoms with Gasteiger partial charge in [-0.1, -0.05) is 6.92 Å². The standard InChI is InChI=1S/C19H29NO3/c1-7-14(4)23-17-12(2)10-16(11-13(17)3)20-18(21)19(5,22-6)15-8-9-15/h10-11,14-15H,7-9H2,1-6H3,(H,20,21)/t14-,19+/m0/s1.